The molecule has 2 rings (SSSR count). The summed E-state index contributed by atoms with van der Waals surface area (Å²) in [6, 6.07) is 5.91. The average molecular weight is 306 g/mol. The molecule has 0 heterocycles. The fourth-order valence-corrected chi connectivity index (χ4v) is 3.20. The minimum absolute atomic E-state index is 0.352. The number of benzene rings is 1. The molecular weight excluding hydrogens is 280 g/mol. The molecule has 0 saturated heterocycles. The molecule has 0 amide bonds. The van der Waals surface area contributed by atoms with Crippen LogP contribution in [0.4, 0.5) is 11.4 Å². The third-order valence-corrected chi connectivity index (χ3v) is 4.43. The van der Waals surface area contributed by atoms with Gasteiger partial charge in [-0.15, -0.1) is 0 Å². The first kappa shape index (κ1) is 16.6. The fourth-order valence-electron chi connectivity index (χ4n) is 3.20. The van der Waals surface area contributed by atoms with Crippen LogP contribution in [0.25, 0.3) is 0 Å². The molecule has 0 spiro atoms. The smallest absolute Gasteiger partial charge is 0.337 e. The number of methoxy groups -OCH3 is 1. The van der Waals surface area contributed by atoms with Crippen molar-refractivity contribution in [1.29, 1.82) is 0 Å². The standard InChI is InChI=1S/C17H26N2O3/c1-4-12-7-5-6-8-14(12)18-15-10-9-13(17(20)21-2)11-16(15)19-22-3/h9-12,14,18-19H,4-8H2,1-3H3. The van der Waals surface area contributed by atoms with Crippen molar-refractivity contribution in [2.75, 3.05) is 25.0 Å². The van der Waals surface area contributed by atoms with Gasteiger partial charge in [0, 0.05) is 6.04 Å². The van der Waals surface area contributed by atoms with Crippen LogP contribution in [0.1, 0.15) is 49.4 Å². The zero-order valence-electron chi connectivity index (χ0n) is 13.6. The van der Waals surface area contributed by atoms with Crippen molar-refractivity contribution in [3.05, 3.63) is 23.8 Å². The molecule has 122 valence electrons. The highest BCUT2D eigenvalue weighted by Crippen LogP contribution is 2.32. The van der Waals surface area contributed by atoms with E-state index in [2.05, 4.69) is 17.7 Å². The van der Waals surface area contributed by atoms with Gasteiger partial charge in [0.05, 0.1) is 31.2 Å². The number of hydrogen-bond donors (Lipinski definition) is 2. The third kappa shape index (κ3) is 3.91. The summed E-state index contributed by atoms with van der Waals surface area (Å²) < 4.78 is 4.77. The van der Waals surface area contributed by atoms with E-state index in [0.717, 1.165) is 11.4 Å². The zero-order valence-corrected chi connectivity index (χ0v) is 13.6. The molecule has 0 aliphatic heterocycles. The highest BCUT2D eigenvalue weighted by Gasteiger charge is 2.24. The molecule has 0 aromatic heterocycles. The first-order valence-corrected chi connectivity index (χ1v) is 7.97. The number of carbonyl (C=O) groups is 1. The number of carbonyl (C=O) groups excluding carboxylic acids is 1. The maximum Gasteiger partial charge on any atom is 0.337 e. The molecule has 5 heteroatoms. The Morgan fingerprint density at radius 3 is 2.68 bits per heavy atom. The van der Waals surface area contributed by atoms with Crippen molar-refractivity contribution < 1.29 is 14.4 Å². The molecule has 1 saturated carbocycles. The minimum Gasteiger partial charge on any atom is -0.465 e. The number of esters is 1. The predicted molar refractivity (Wildman–Crippen MR) is 88.1 cm³/mol. The lowest BCUT2D eigenvalue weighted by molar-refractivity contribution is 0.0601. The van der Waals surface area contributed by atoms with Crippen LogP contribution in [0.5, 0.6) is 0 Å². The molecular formula is C17H26N2O3. The molecule has 1 aromatic rings. The van der Waals surface area contributed by atoms with Gasteiger partial charge in [0.25, 0.3) is 0 Å². The average Bonchev–Trinajstić information content (AvgIpc) is 2.56. The van der Waals surface area contributed by atoms with Crippen molar-refractivity contribution in [3.8, 4) is 0 Å². The van der Waals surface area contributed by atoms with E-state index in [4.69, 9.17) is 9.57 Å². The van der Waals surface area contributed by atoms with Crippen molar-refractivity contribution in [3.63, 3.8) is 0 Å². The van der Waals surface area contributed by atoms with Crippen molar-refractivity contribution in [1.82, 2.24) is 0 Å². The predicted octanol–water partition coefficient (Wildman–Crippen LogP) is 3.83. The van der Waals surface area contributed by atoms with Gasteiger partial charge in [0.1, 0.15) is 0 Å². The first-order valence-electron chi connectivity index (χ1n) is 7.97. The first-order chi connectivity index (χ1) is 10.7. The Morgan fingerprint density at radius 1 is 1.23 bits per heavy atom. The molecule has 1 aliphatic rings. The van der Waals surface area contributed by atoms with E-state index in [1.165, 1.54) is 39.2 Å². The van der Waals surface area contributed by atoms with Crippen LogP contribution in [-0.4, -0.2) is 26.2 Å². The van der Waals surface area contributed by atoms with Gasteiger partial charge in [-0.3, -0.25) is 10.3 Å². The largest absolute Gasteiger partial charge is 0.465 e. The van der Waals surface area contributed by atoms with E-state index < -0.39 is 0 Å². The summed E-state index contributed by atoms with van der Waals surface area (Å²) in [7, 11) is 2.94. The van der Waals surface area contributed by atoms with Crippen LogP contribution in [0, 0.1) is 5.92 Å². The Balaban J connectivity index is 2.19. The lowest BCUT2D eigenvalue weighted by Gasteiger charge is -2.33. The second-order valence-electron chi connectivity index (χ2n) is 5.76. The van der Waals surface area contributed by atoms with E-state index in [9.17, 15) is 4.79 Å². The zero-order chi connectivity index (χ0) is 15.9. The van der Waals surface area contributed by atoms with Crippen LogP contribution >= 0.6 is 0 Å². The summed E-state index contributed by atoms with van der Waals surface area (Å²) in [6.45, 7) is 2.25. The second kappa shape index (κ2) is 8.03. The van der Waals surface area contributed by atoms with Crippen molar-refractivity contribution in [2.24, 2.45) is 5.92 Å². The Morgan fingerprint density at radius 2 is 2.00 bits per heavy atom. The van der Waals surface area contributed by atoms with Gasteiger partial charge in [0.2, 0.25) is 0 Å². The number of anilines is 2. The second-order valence-corrected chi connectivity index (χ2v) is 5.76. The van der Waals surface area contributed by atoms with Gasteiger partial charge in [-0.1, -0.05) is 26.2 Å². The number of rotatable bonds is 6. The van der Waals surface area contributed by atoms with Gasteiger partial charge in [0.15, 0.2) is 0 Å². The van der Waals surface area contributed by atoms with E-state index in [1.54, 1.807) is 19.2 Å². The van der Waals surface area contributed by atoms with Gasteiger partial charge in [-0.2, -0.15) is 0 Å². The van der Waals surface area contributed by atoms with E-state index >= 15 is 0 Å². The molecule has 1 aromatic carbocycles. The number of nitrogens with one attached hydrogen (secondary N) is 2. The molecule has 0 radical (unpaired) electrons. The summed E-state index contributed by atoms with van der Waals surface area (Å²) in [5.74, 6) is 0.347. The maximum absolute atomic E-state index is 11.7. The SMILES string of the molecule is CCC1CCCCC1Nc1ccc(C(=O)OC)cc1NOC. The highest BCUT2D eigenvalue weighted by molar-refractivity contribution is 5.92. The molecule has 2 N–H and O–H groups in total. The molecule has 2 atom stereocenters. The van der Waals surface area contributed by atoms with Crippen LogP contribution in [0.3, 0.4) is 0 Å². The molecule has 2 unspecified atom stereocenters. The van der Waals surface area contributed by atoms with Crippen LogP contribution < -0.4 is 10.8 Å². The molecule has 22 heavy (non-hydrogen) atoms. The Bertz CT molecular complexity index is 505. The highest BCUT2D eigenvalue weighted by atomic mass is 16.6. The summed E-state index contributed by atoms with van der Waals surface area (Å²) in [5, 5.41) is 3.62. The monoisotopic (exact) mass is 306 g/mol. The summed E-state index contributed by atoms with van der Waals surface area (Å²) >= 11 is 0. The normalized spacial score (nSPS) is 21.2. The quantitative estimate of drug-likeness (QED) is 0.618. The summed E-state index contributed by atoms with van der Waals surface area (Å²) in [5.41, 5.74) is 5.06. The van der Waals surface area contributed by atoms with Gasteiger partial charge in [-0.05, 0) is 37.0 Å². The number of ether oxygens (including phenoxy) is 1. The molecule has 5 nitrogen and oxygen atoms in total. The lowest BCUT2D eigenvalue weighted by Crippen LogP contribution is -2.32. The molecule has 1 fully saturated rings. The molecule has 0 bridgehead atoms. The molecule has 1 aliphatic carbocycles. The minimum atomic E-state index is -0.352. The van der Waals surface area contributed by atoms with E-state index in [0.29, 0.717) is 17.5 Å². The van der Waals surface area contributed by atoms with Crippen LogP contribution in [0.15, 0.2) is 18.2 Å². The van der Waals surface area contributed by atoms with Crippen molar-refractivity contribution in [2.45, 2.75) is 45.1 Å². The van der Waals surface area contributed by atoms with Crippen LogP contribution in [-0.2, 0) is 9.57 Å². The topological polar surface area (TPSA) is 59.6 Å². The van der Waals surface area contributed by atoms with E-state index in [1.807, 2.05) is 6.07 Å². The Kier molecular flexibility index (Phi) is 6.07. The lowest BCUT2D eigenvalue weighted by atomic mass is 9.82. The number of hydrogen-bond acceptors (Lipinski definition) is 5. The maximum atomic E-state index is 11.7. The fraction of sp³-hybridized carbons (Fsp3) is 0.588. The third-order valence-electron chi connectivity index (χ3n) is 4.43. The van der Waals surface area contributed by atoms with Gasteiger partial charge < -0.3 is 10.1 Å². The van der Waals surface area contributed by atoms with Crippen molar-refractivity contribution >= 4 is 17.3 Å². The Hall–Kier alpha value is -1.75. The summed E-state index contributed by atoms with van der Waals surface area (Å²) in [6.07, 6.45) is 6.23. The van der Waals surface area contributed by atoms with E-state index in [-0.39, 0.29) is 5.97 Å². The summed E-state index contributed by atoms with van der Waals surface area (Å²) in [4.78, 5) is 16.7. The van der Waals surface area contributed by atoms with Gasteiger partial charge in [-0.25, -0.2) is 4.79 Å². The Labute approximate surface area is 132 Å². The van der Waals surface area contributed by atoms with Gasteiger partial charge >= 0.3 is 5.97 Å². The van der Waals surface area contributed by atoms with Crippen LogP contribution in [0.2, 0.25) is 0 Å².